The summed E-state index contributed by atoms with van der Waals surface area (Å²) in [7, 11) is 3.37. The Morgan fingerprint density at radius 1 is 1.19 bits per heavy atom. The van der Waals surface area contributed by atoms with Gasteiger partial charge in [-0.25, -0.2) is 4.98 Å². The van der Waals surface area contributed by atoms with Crippen molar-refractivity contribution in [3.8, 4) is 0 Å². The van der Waals surface area contributed by atoms with Gasteiger partial charge in [0.1, 0.15) is 5.69 Å². The lowest BCUT2D eigenvalue weighted by molar-refractivity contribution is -0.137. The molecule has 0 spiro atoms. The summed E-state index contributed by atoms with van der Waals surface area (Å²) < 4.78 is 38.3. The number of hydrogen-bond acceptors (Lipinski definition) is 4. The summed E-state index contributed by atoms with van der Waals surface area (Å²) in [6, 6.07) is 5.98. The highest BCUT2D eigenvalue weighted by Gasteiger charge is 2.30. The average molecular weight is 381 g/mol. The number of ketones is 1. The van der Waals surface area contributed by atoms with E-state index >= 15 is 0 Å². The minimum Gasteiger partial charge on any atom is -0.348 e. The normalized spacial score (nSPS) is 12.9. The number of benzene rings is 1. The second kappa shape index (κ2) is 7.94. The van der Waals surface area contributed by atoms with Crippen molar-refractivity contribution in [3.05, 3.63) is 57.5 Å². The first kappa shape index (κ1) is 20.7. The number of alkyl halides is 3. The van der Waals surface area contributed by atoms with Crippen LogP contribution in [0.2, 0.25) is 0 Å². The molecule has 1 heterocycles. The van der Waals surface area contributed by atoms with Crippen LogP contribution in [0, 0.1) is 5.92 Å². The lowest BCUT2D eigenvalue weighted by atomic mass is 9.83. The van der Waals surface area contributed by atoms with E-state index in [1.165, 1.54) is 12.1 Å². The van der Waals surface area contributed by atoms with E-state index < -0.39 is 17.3 Å². The molecule has 0 fully saturated rings. The van der Waals surface area contributed by atoms with Gasteiger partial charge in [0.2, 0.25) is 5.95 Å². The molecule has 1 atom stereocenters. The molecular weight excluding hydrogens is 359 g/mol. The third kappa shape index (κ3) is 5.18. The standard InChI is InChI=1S/C19H22F3N3O2/c1-11(2)14(12-5-7-13(8-6-12)19(20,21)22)9-16(26)15-10-17(27)24-18(23-15)25(3)4/h5-8,10-11,14H,9H2,1-4H3,(H,23,24,27)/t14-/m1/s1. The molecule has 5 nitrogen and oxygen atoms in total. The van der Waals surface area contributed by atoms with Gasteiger partial charge in [-0.15, -0.1) is 0 Å². The molecule has 0 aliphatic rings. The lowest BCUT2D eigenvalue weighted by Crippen LogP contribution is -2.22. The van der Waals surface area contributed by atoms with E-state index in [1.807, 2.05) is 13.8 Å². The van der Waals surface area contributed by atoms with E-state index in [-0.39, 0.29) is 35.7 Å². The molecule has 2 aromatic rings. The summed E-state index contributed by atoms with van der Waals surface area (Å²) in [4.78, 5) is 32.7. The number of H-pyrrole nitrogens is 1. The first-order valence-corrected chi connectivity index (χ1v) is 8.48. The van der Waals surface area contributed by atoms with Crippen molar-refractivity contribution in [2.45, 2.75) is 32.4 Å². The molecule has 146 valence electrons. The molecular formula is C19H22F3N3O2. The number of rotatable bonds is 6. The zero-order valence-electron chi connectivity index (χ0n) is 15.6. The summed E-state index contributed by atoms with van der Waals surface area (Å²) >= 11 is 0. The van der Waals surface area contributed by atoms with E-state index in [9.17, 15) is 22.8 Å². The Balaban J connectivity index is 2.29. The van der Waals surface area contributed by atoms with Gasteiger partial charge in [-0.1, -0.05) is 26.0 Å². The topological polar surface area (TPSA) is 66.1 Å². The number of aromatic amines is 1. The Bertz CT molecular complexity index is 856. The van der Waals surface area contributed by atoms with Gasteiger partial charge in [-0.2, -0.15) is 13.2 Å². The molecule has 0 unspecified atom stereocenters. The Labute approximate surface area is 155 Å². The fourth-order valence-corrected chi connectivity index (χ4v) is 2.76. The Hall–Kier alpha value is -2.64. The highest BCUT2D eigenvalue weighted by molar-refractivity contribution is 5.94. The zero-order valence-corrected chi connectivity index (χ0v) is 15.6. The molecule has 0 saturated heterocycles. The Morgan fingerprint density at radius 2 is 1.78 bits per heavy atom. The predicted molar refractivity (Wildman–Crippen MR) is 97.2 cm³/mol. The van der Waals surface area contributed by atoms with Crippen LogP contribution in [-0.2, 0) is 6.18 Å². The van der Waals surface area contributed by atoms with Crippen LogP contribution < -0.4 is 10.5 Å². The number of hydrogen-bond donors (Lipinski definition) is 1. The summed E-state index contributed by atoms with van der Waals surface area (Å²) in [5, 5.41) is 0. The van der Waals surface area contributed by atoms with Gasteiger partial charge in [0, 0.05) is 26.6 Å². The molecule has 1 aromatic heterocycles. The number of nitrogens with one attached hydrogen (secondary N) is 1. The van der Waals surface area contributed by atoms with Gasteiger partial charge in [0.15, 0.2) is 5.78 Å². The highest BCUT2D eigenvalue weighted by Crippen LogP contribution is 2.33. The second-order valence-electron chi connectivity index (χ2n) is 6.95. The van der Waals surface area contributed by atoms with E-state index in [2.05, 4.69) is 9.97 Å². The largest absolute Gasteiger partial charge is 0.416 e. The van der Waals surface area contributed by atoms with Crippen LogP contribution in [0.15, 0.2) is 35.1 Å². The van der Waals surface area contributed by atoms with Crippen molar-refractivity contribution >= 4 is 11.7 Å². The Kier molecular flexibility index (Phi) is 6.08. The van der Waals surface area contributed by atoms with Crippen molar-refractivity contribution in [1.82, 2.24) is 9.97 Å². The van der Waals surface area contributed by atoms with Crippen molar-refractivity contribution < 1.29 is 18.0 Å². The quantitative estimate of drug-likeness (QED) is 0.772. The van der Waals surface area contributed by atoms with Crippen LogP contribution in [0.3, 0.4) is 0 Å². The lowest BCUT2D eigenvalue weighted by Gasteiger charge is -2.21. The number of carbonyl (C=O) groups excluding carboxylic acids is 1. The molecule has 0 bridgehead atoms. The van der Waals surface area contributed by atoms with Crippen LogP contribution in [0.4, 0.5) is 19.1 Å². The minimum absolute atomic E-state index is 0.0148. The first-order valence-electron chi connectivity index (χ1n) is 8.48. The highest BCUT2D eigenvalue weighted by atomic mass is 19.4. The number of halogens is 3. The monoisotopic (exact) mass is 381 g/mol. The minimum atomic E-state index is -4.40. The van der Waals surface area contributed by atoms with E-state index in [1.54, 1.807) is 19.0 Å². The summed E-state index contributed by atoms with van der Waals surface area (Å²) in [6.07, 6.45) is -4.36. The number of aromatic nitrogens is 2. The predicted octanol–water partition coefficient (Wildman–Crippen LogP) is 3.87. The van der Waals surface area contributed by atoms with Crippen LogP contribution in [-0.4, -0.2) is 29.8 Å². The van der Waals surface area contributed by atoms with Gasteiger partial charge in [-0.05, 0) is 29.5 Å². The second-order valence-corrected chi connectivity index (χ2v) is 6.95. The molecule has 1 aromatic carbocycles. The number of nitrogens with zero attached hydrogens (tertiary/aromatic N) is 2. The van der Waals surface area contributed by atoms with Gasteiger partial charge < -0.3 is 4.90 Å². The molecule has 8 heteroatoms. The summed E-state index contributed by atoms with van der Waals surface area (Å²) in [6.45, 7) is 3.79. The molecule has 0 amide bonds. The van der Waals surface area contributed by atoms with Gasteiger partial charge >= 0.3 is 6.18 Å². The maximum Gasteiger partial charge on any atom is 0.416 e. The van der Waals surface area contributed by atoms with Crippen molar-refractivity contribution in [1.29, 1.82) is 0 Å². The van der Waals surface area contributed by atoms with E-state index in [0.717, 1.165) is 18.2 Å². The third-order valence-corrected chi connectivity index (χ3v) is 4.31. The average Bonchev–Trinajstić information content (AvgIpc) is 2.58. The molecule has 27 heavy (non-hydrogen) atoms. The smallest absolute Gasteiger partial charge is 0.348 e. The third-order valence-electron chi connectivity index (χ3n) is 4.31. The van der Waals surface area contributed by atoms with Crippen LogP contribution >= 0.6 is 0 Å². The molecule has 2 rings (SSSR count). The molecule has 0 aliphatic carbocycles. The summed E-state index contributed by atoms with van der Waals surface area (Å²) in [5.41, 5.74) is -0.483. The van der Waals surface area contributed by atoms with Crippen molar-refractivity contribution in [2.75, 3.05) is 19.0 Å². The van der Waals surface area contributed by atoms with Crippen LogP contribution in [0.25, 0.3) is 0 Å². The summed E-state index contributed by atoms with van der Waals surface area (Å²) in [5.74, 6) is -0.339. The SMILES string of the molecule is CC(C)[C@@H](CC(=O)c1cc(=O)[nH]c(N(C)C)n1)c1ccc(C(F)(F)F)cc1. The number of Topliss-reactive ketones (excluding diaryl/α,β-unsaturated/α-hetero) is 1. The van der Waals surface area contributed by atoms with Crippen molar-refractivity contribution in [3.63, 3.8) is 0 Å². The molecule has 0 saturated carbocycles. The molecule has 0 radical (unpaired) electrons. The van der Waals surface area contributed by atoms with E-state index in [0.29, 0.717) is 5.56 Å². The van der Waals surface area contributed by atoms with Gasteiger partial charge in [0.05, 0.1) is 5.56 Å². The van der Waals surface area contributed by atoms with E-state index in [4.69, 9.17) is 0 Å². The fraction of sp³-hybridized carbons (Fsp3) is 0.421. The first-order chi connectivity index (χ1) is 12.5. The molecule has 1 N–H and O–H groups in total. The number of carbonyl (C=O) groups is 1. The van der Waals surface area contributed by atoms with Crippen molar-refractivity contribution in [2.24, 2.45) is 5.92 Å². The zero-order chi connectivity index (χ0) is 20.4. The molecule has 0 aliphatic heterocycles. The van der Waals surface area contributed by atoms with Gasteiger partial charge in [-0.3, -0.25) is 14.6 Å². The maximum absolute atomic E-state index is 12.8. The van der Waals surface area contributed by atoms with Crippen LogP contribution in [0.5, 0.6) is 0 Å². The number of anilines is 1. The van der Waals surface area contributed by atoms with Crippen LogP contribution in [0.1, 0.15) is 47.8 Å². The maximum atomic E-state index is 12.8. The Morgan fingerprint density at radius 3 is 2.26 bits per heavy atom. The fourth-order valence-electron chi connectivity index (χ4n) is 2.76. The van der Waals surface area contributed by atoms with Gasteiger partial charge in [0.25, 0.3) is 5.56 Å².